The summed E-state index contributed by atoms with van der Waals surface area (Å²) >= 11 is 0. The predicted molar refractivity (Wildman–Crippen MR) is 122 cm³/mol. The van der Waals surface area contributed by atoms with E-state index in [2.05, 4.69) is 15.7 Å². The van der Waals surface area contributed by atoms with Gasteiger partial charge in [0.1, 0.15) is 12.1 Å². The Morgan fingerprint density at radius 1 is 1.12 bits per heavy atom. The van der Waals surface area contributed by atoms with Gasteiger partial charge in [0.05, 0.1) is 22.8 Å². The van der Waals surface area contributed by atoms with Gasteiger partial charge in [-0.2, -0.15) is 5.10 Å². The van der Waals surface area contributed by atoms with Gasteiger partial charge < -0.3 is 20.1 Å². The Morgan fingerprint density at radius 2 is 1.85 bits per heavy atom. The van der Waals surface area contributed by atoms with E-state index in [9.17, 15) is 14.4 Å². The molecule has 1 fully saturated rings. The van der Waals surface area contributed by atoms with Gasteiger partial charge in [0.25, 0.3) is 5.91 Å². The van der Waals surface area contributed by atoms with Crippen LogP contribution in [0.15, 0.2) is 48.5 Å². The van der Waals surface area contributed by atoms with Crippen LogP contribution in [0.1, 0.15) is 23.9 Å². The molecule has 0 unspecified atom stereocenters. The largest absolute Gasteiger partial charge is 0.454 e. The Balaban J connectivity index is 1.33. The number of para-hydroxylation sites is 1. The summed E-state index contributed by atoms with van der Waals surface area (Å²) in [6.07, 6.45) is 0. The first-order chi connectivity index (χ1) is 16.3. The predicted octanol–water partition coefficient (Wildman–Crippen LogP) is 2.62. The lowest BCUT2D eigenvalue weighted by Gasteiger charge is -2.22. The summed E-state index contributed by atoms with van der Waals surface area (Å²) in [7, 11) is 0. The smallest absolute Gasteiger partial charge is 0.325 e. The number of nitrogens with one attached hydrogen (secondary N) is 2. The first-order valence-electron chi connectivity index (χ1n) is 10.7. The van der Waals surface area contributed by atoms with E-state index in [1.54, 1.807) is 36.7 Å². The lowest BCUT2D eigenvalue weighted by atomic mass is 9.91. The molecule has 10 nitrogen and oxygen atoms in total. The van der Waals surface area contributed by atoms with E-state index in [4.69, 9.17) is 9.47 Å². The van der Waals surface area contributed by atoms with Gasteiger partial charge in [0.2, 0.25) is 12.7 Å². The molecule has 0 saturated carbocycles. The Hall–Kier alpha value is -4.34. The summed E-state index contributed by atoms with van der Waals surface area (Å²) in [6, 6.07) is 13.9. The van der Waals surface area contributed by atoms with Crippen molar-refractivity contribution in [1.29, 1.82) is 0 Å². The second kappa shape index (κ2) is 7.91. The third kappa shape index (κ3) is 3.43. The molecule has 3 heterocycles. The first kappa shape index (κ1) is 21.5. The Morgan fingerprint density at radius 3 is 2.62 bits per heavy atom. The fraction of sp³-hybridized carbons (Fsp3) is 0.250. The summed E-state index contributed by atoms with van der Waals surface area (Å²) in [6.45, 7) is 4.89. The lowest BCUT2D eigenvalue weighted by molar-refractivity contribution is -0.133. The van der Waals surface area contributed by atoms with Crippen molar-refractivity contribution < 1.29 is 23.9 Å². The van der Waals surface area contributed by atoms with Crippen LogP contribution in [0.3, 0.4) is 0 Å². The molecule has 0 radical (unpaired) electrons. The number of anilines is 1. The average molecular weight is 461 g/mol. The van der Waals surface area contributed by atoms with Crippen LogP contribution < -0.4 is 20.1 Å². The van der Waals surface area contributed by atoms with Crippen molar-refractivity contribution in [2.75, 3.05) is 18.7 Å². The van der Waals surface area contributed by atoms with E-state index >= 15 is 0 Å². The number of imide groups is 1. The van der Waals surface area contributed by atoms with E-state index < -0.39 is 29.9 Å². The van der Waals surface area contributed by atoms with Crippen LogP contribution in [0, 0.1) is 13.8 Å². The molecule has 10 heteroatoms. The van der Waals surface area contributed by atoms with Crippen LogP contribution in [-0.4, -0.2) is 45.9 Å². The minimum Gasteiger partial charge on any atom is -0.454 e. The monoisotopic (exact) mass is 461 g/mol. The van der Waals surface area contributed by atoms with Crippen LogP contribution in [0.5, 0.6) is 11.5 Å². The molecule has 1 atom stereocenters. The minimum atomic E-state index is -1.33. The maximum absolute atomic E-state index is 13.2. The zero-order chi connectivity index (χ0) is 24.0. The van der Waals surface area contributed by atoms with Crippen molar-refractivity contribution in [1.82, 2.24) is 20.0 Å². The molecule has 174 valence electrons. The summed E-state index contributed by atoms with van der Waals surface area (Å²) in [5, 5.41) is 10.0. The topological polar surface area (TPSA) is 115 Å². The molecular formula is C24H23N5O5. The number of rotatable bonds is 5. The molecule has 0 spiro atoms. The quantitative estimate of drug-likeness (QED) is 0.565. The van der Waals surface area contributed by atoms with Gasteiger partial charge in [-0.15, -0.1) is 0 Å². The number of carbonyl (C=O) groups is 3. The van der Waals surface area contributed by atoms with Crippen molar-refractivity contribution in [3.8, 4) is 17.2 Å². The van der Waals surface area contributed by atoms with Crippen LogP contribution in [0.2, 0.25) is 0 Å². The standard InChI is InChI=1S/C24H23N5O5/c1-14-21(15(2)29(27-14)17-7-5-4-6-8-17)25-20(30)12-28-22(31)24(3,26-23(28)32)16-9-10-18-19(11-16)34-13-33-18/h4-11H,12-13H2,1-3H3,(H,25,30)(H,26,32)/t24-/m0/s1. The SMILES string of the molecule is Cc1nn(-c2ccccc2)c(C)c1NC(=O)CN1C(=O)N[C@@](C)(c2ccc3c(c2)OCO3)C1=O. The Bertz CT molecular complexity index is 1320. The van der Waals surface area contributed by atoms with Gasteiger partial charge >= 0.3 is 6.03 Å². The van der Waals surface area contributed by atoms with Gasteiger partial charge in [0.15, 0.2) is 11.5 Å². The first-order valence-corrected chi connectivity index (χ1v) is 10.7. The highest BCUT2D eigenvalue weighted by atomic mass is 16.7. The Kier molecular flexibility index (Phi) is 5.00. The molecule has 1 aromatic heterocycles. The molecular weight excluding hydrogens is 438 g/mol. The number of urea groups is 1. The van der Waals surface area contributed by atoms with E-state index in [-0.39, 0.29) is 6.79 Å². The van der Waals surface area contributed by atoms with Crippen LogP contribution in [0.25, 0.3) is 5.69 Å². The number of aromatic nitrogens is 2. The fourth-order valence-electron chi connectivity index (χ4n) is 4.21. The maximum atomic E-state index is 13.2. The molecule has 1 saturated heterocycles. The lowest BCUT2D eigenvalue weighted by Crippen LogP contribution is -2.42. The van der Waals surface area contributed by atoms with Crippen molar-refractivity contribution in [3.05, 3.63) is 65.5 Å². The number of nitrogens with zero attached hydrogens (tertiary/aromatic N) is 3. The van der Waals surface area contributed by atoms with Gasteiger partial charge in [-0.05, 0) is 50.6 Å². The highest BCUT2D eigenvalue weighted by Gasteiger charge is 2.50. The maximum Gasteiger partial charge on any atom is 0.325 e. The number of benzene rings is 2. The summed E-state index contributed by atoms with van der Waals surface area (Å²) in [4.78, 5) is 39.6. The van der Waals surface area contributed by atoms with E-state index in [0.29, 0.717) is 28.4 Å². The van der Waals surface area contributed by atoms with Crippen LogP contribution >= 0.6 is 0 Å². The average Bonchev–Trinajstić information content (AvgIpc) is 3.47. The molecule has 2 aliphatic rings. The van der Waals surface area contributed by atoms with Crippen molar-refractivity contribution in [2.24, 2.45) is 0 Å². The van der Waals surface area contributed by atoms with Crippen molar-refractivity contribution in [2.45, 2.75) is 26.3 Å². The molecule has 0 aliphatic carbocycles. The van der Waals surface area contributed by atoms with Crippen molar-refractivity contribution >= 4 is 23.5 Å². The third-order valence-electron chi connectivity index (χ3n) is 6.08. The van der Waals surface area contributed by atoms with Crippen LogP contribution in [-0.2, 0) is 15.1 Å². The summed E-state index contributed by atoms with van der Waals surface area (Å²) in [5.74, 6) is 0.0395. The molecule has 34 heavy (non-hydrogen) atoms. The molecule has 4 amide bonds. The molecule has 2 N–H and O–H groups in total. The number of hydrogen-bond acceptors (Lipinski definition) is 6. The van der Waals surface area contributed by atoms with Crippen LogP contribution in [0.4, 0.5) is 10.5 Å². The zero-order valence-corrected chi connectivity index (χ0v) is 18.9. The Labute approximate surface area is 195 Å². The number of aryl methyl sites for hydroxylation is 1. The summed E-state index contributed by atoms with van der Waals surface area (Å²) in [5.41, 5.74) is 1.96. The molecule has 2 aromatic carbocycles. The normalized spacial score (nSPS) is 18.9. The number of carbonyl (C=O) groups excluding carboxylic acids is 3. The van der Waals surface area contributed by atoms with Crippen molar-refractivity contribution in [3.63, 3.8) is 0 Å². The molecule has 0 bridgehead atoms. The fourth-order valence-corrected chi connectivity index (χ4v) is 4.21. The highest BCUT2D eigenvalue weighted by Crippen LogP contribution is 2.37. The summed E-state index contributed by atoms with van der Waals surface area (Å²) < 4.78 is 12.4. The number of ether oxygens (including phenoxy) is 2. The van der Waals surface area contributed by atoms with Gasteiger partial charge in [-0.1, -0.05) is 24.3 Å². The van der Waals surface area contributed by atoms with E-state index in [0.717, 1.165) is 16.3 Å². The zero-order valence-electron chi connectivity index (χ0n) is 18.9. The van der Waals surface area contributed by atoms with E-state index in [1.165, 1.54) is 0 Å². The second-order valence-electron chi connectivity index (χ2n) is 8.36. The number of fused-ring (bicyclic) bond motifs is 1. The van der Waals surface area contributed by atoms with Gasteiger partial charge in [-0.25, -0.2) is 9.48 Å². The second-order valence-corrected chi connectivity index (χ2v) is 8.36. The number of hydrogen-bond donors (Lipinski definition) is 2. The molecule has 3 aromatic rings. The van der Waals surface area contributed by atoms with Gasteiger partial charge in [0, 0.05) is 0 Å². The molecule has 5 rings (SSSR count). The molecule has 2 aliphatic heterocycles. The van der Waals surface area contributed by atoms with Gasteiger partial charge in [-0.3, -0.25) is 14.5 Å². The van der Waals surface area contributed by atoms with E-state index in [1.807, 2.05) is 37.3 Å². The minimum absolute atomic E-state index is 0.0990. The third-order valence-corrected chi connectivity index (χ3v) is 6.08. The number of amides is 4. The highest BCUT2D eigenvalue weighted by molar-refractivity contribution is 6.10.